The molecule has 3 heteroatoms. The predicted octanol–water partition coefficient (Wildman–Crippen LogP) is 3.32. The Hall–Kier alpha value is -2.03. The molecule has 3 nitrogen and oxygen atoms in total. The quantitative estimate of drug-likeness (QED) is 0.845. The molecule has 21 heavy (non-hydrogen) atoms. The monoisotopic (exact) mass is 281 g/mol. The molecule has 108 valence electrons. The fraction of sp³-hybridized carbons (Fsp3) is 0.389. The number of nitrogens with zero attached hydrogens (tertiary/aromatic N) is 1. The minimum absolute atomic E-state index is 0.176. The number of fused-ring (bicyclic) bond motifs is 2. The Bertz CT molecular complexity index is 689. The van der Waals surface area contributed by atoms with Gasteiger partial charge in [0.05, 0.1) is 6.54 Å². The van der Waals surface area contributed by atoms with Crippen LogP contribution in [0.5, 0.6) is 5.75 Å². The van der Waals surface area contributed by atoms with E-state index in [2.05, 4.69) is 29.7 Å². The lowest BCUT2D eigenvalue weighted by Crippen LogP contribution is -2.24. The Balaban J connectivity index is 1.61. The number of hydrogen-bond acceptors (Lipinski definition) is 2. The van der Waals surface area contributed by atoms with Crippen molar-refractivity contribution in [3.05, 3.63) is 52.8 Å². The van der Waals surface area contributed by atoms with Gasteiger partial charge < -0.3 is 9.30 Å². The van der Waals surface area contributed by atoms with E-state index in [4.69, 9.17) is 4.74 Å². The molecular weight excluding hydrogens is 262 g/mol. The number of ether oxygens (including phenoxy) is 1. The topological polar surface area (TPSA) is 31.2 Å². The number of para-hydroxylation sites is 1. The van der Waals surface area contributed by atoms with E-state index in [-0.39, 0.29) is 6.10 Å². The Kier molecular flexibility index (Phi) is 2.88. The number of ketones is 1. The molecule has 0 saturated heterocycles. The minimum atomic E-state index is 0.176. The number of aromatic nitrogens is 1. The molecule has 0 fully saturated rings. The van der Waals surface area contributed by atoms with Crippen molar-refractivity contribution < 1.29 is 9.53 Å². The minimum Gasteiger partial charge on any atom is -0.488 e. The van der Waals surface area contributed by atoms with Gasteiger partial charge in [-0.25, -0.2) is 0 Å². The van der Waals surface area contributed by atoms with Crippen LogP contribution in [0, 0.1) is 6.92 Å². The van der Waals surface area contributed by atoms with Gasteiger partial charge in [0.2, 0.25) is 0 Å². The molecule has 0 N–H and O–H groups in total. The summed E-state index contributed by atoms with van der Waals surface area (Å²) in [7, 11) is 0. The van der Waals surface area contributed by atoms with Gasteiger partial charge in [0.1, 0.15) is 11.9 Å². The summed E-state index contributed by atoms with van der Waals surface area (Å²) < 4.78 is 8.34. The maximum atomic E-state index is 12.0. The molecule has 0 spiro atoms. The highest BCUT2D eigenvalue weighted by molar-refractivity contribution is 5.98. The second kappa shape index (κ2) is 4.76. The second-order valence-electron chi connectivity index (χ2n) is 6.09. The Morgan fingerprint density at radius 3 is 3.00 bits per heavy atom. The van der Waals surface area contributed by atoms with Gasteiger partial charge in [-0.05, 0) is 37.5 Å². The van der Waals surface area contributed by atoms with Crippen molar-refractivity contribution in [2.75, 3.05) is 0 Å². The molecule has 2 aromatic rings. The van der Waals surface area contributed by atoms with Crippen LogP contribution in [0.1, 0.15) is 40.2 Å². The maximum absolute atomic E-state index is 12.0. The molecule has 2 aliphatic rings. The van der Waals surface area contributed by atoms with Crippen molar-refractivity contribution in [1.29, 1.82) is 0 Å². The molecule has 1 unspecified atom stereocenters. The molecular formula is C18H19NO2. The van der Waals surface area contributed by atoms with Gasteiger partial charge in [-0.1, -0.05) is 18.2 Å². The molecule has 1 aromatic carbocycles. The highest BCUT2D eigenvalue weighted by Crippen LogP contribution is 2.31. The SMILES string of the molecule is Cc1cc2c(n1CC1Cc3ccccc3O1)CCCC2=O. The normalized spacial score (nSPS) is 20.0. The van der Waals surface area contributed by atoms with Crippen molar-refractivity contribution >= 4 is 5.78 Å². The van der Waals surface area contributed by atoms with Gasteiger partial charge in [0.15, 0.2) is 5.78 Å². The summed E-state index contributed by atoms with van der Waals surface area (Å²) in [6, 6.07) is 10.3. The van der Waals surface area contributed by atoms with Gasteiger partial charge in [-0.3, -0.25) is 4.79 Å². The standard InChI is InChI=1S/C18H19NO2/c1-12-9-15-16(6-4-7-17(15)20)19(12)11-14-10-13-5-2-3-8-18(13)21-14/h2-3,5,8-9,14H,4,6-7,10-11H2,1H3. The van der Waals surface area contributed by atoms with Gasteiger partial charge in [0.25, 0.3) is 0 Å². The Labute approximate surface area is 124 Å². The van der Waals surface area contributed by atoms with Crippen molar-refractivity contribution in [1.82, 2.24) is 4.57 Å². The molecule has 1 atom stereocenters. The number of benzene rings is 1. The molecule has 0 bridgehead atoms. The lowest BCUT2D eigenvalue weighted by molar-refractivity contribution is 0.0971. The molecule has 0 saturated carbocycles. The second-order valence-corrected chi connectivity index (χ2v) is 6.09. The van der Waals surface area contributed by atoms with E-state index in [0.717, 1.165) is 37.1 Å². The average Bonchev–Trinajstić information content (AvgIpc) is 3.02. The maximum Gasteiger partial charge on any atom is 0.164 e. The van der Waals surface area contributed by atoms with Crippen LogP contribution in [0.2, 0.25) is 0 Å². The average molecular weight is 281 g/mol. The molecule has 2 heterocycles. The third-order valence-electron chi connectivity index (χ3n) is 4.63. The van der Waals surface area contributed by atoms with Crippen molar-refractivity contribution in [3.8, 4) is 5.75 Å². The van der Waals surface area contributed by atoms with E-state index >= 15 is 0 Å². The van der Waals surface area contributed by atoms with E-state index in [1.54, 1.807) is 0 Å². The Morgan fingerprint density at radius 1 is 1.29 bits per heavy atom. The summed E-state index contributed by atoms with van der Waals surface area (Å²) in [5.74, 6) is 1.31. The molecule has 0 radical (unpaired) electrons. The predicted molar refractivity (Wildman–Crippen MR) is 81.0 cm³/mol. The molecule has 1 aromatic heterocycles. The van der Waals surface area contributed by atoms with Crippen LogP contribution in [0.15, 0.2) is 30.3 Å². The first kappa shape index (κ1) is 12.7. The first-order chi connectivity index (χ1) is 10.2. The van der Waals surface area contributed by atoms with Crippen LogP contribution in [-0.4, -0.2) is 16.5 Å². The summed E-state index contributed by atoms with van der Waals surface area (Å²) in [5, 5.41) is 0. The zero-order chi connectivity index (χ0) is 14.4. The summed E-state index contributed by atoms with van der Waals surface area (Å²) in [4.78, 5) is 12.0. The zero-order valence-corrected chi connectivity index (χ0v) is 12.3. The number of carbonyl (C=O) groups excluding carboxylic acids is 1. The van der Waals surface area contributed by atoms with Crippen LogP contribution in [0.3, 0.4) is 0 Å². The summed E-state index contributed by atoms with van der Waals surface area (Å²) >= 11 is 0. The van der Waals surface area contributed by atoms with E-state index < -0.39 is 0 Å². The van der Waals surface area contributed by atoms with Gasteiger partial charge in [0, 0.05) is 29.8 Å². The first-order valence-corrected chi connectivity index (χ1v) is 7.69. The molecule has 1 aliphatic carbocycles. The van der Waals surface area contributed by atoms with Crippen LogP contribution in [-0.2, 0) is 19.4 Å². The van der Waals surface area contributed by atoms with Crippen LogP contribution < -0.4 is 4.74 Å². The van der Waals surface area contributed by atoms with Crippen LogP contribution in [0.25, 0.3) is 0 Å². The van der Waals surface area contributed by atoms with Crippen molar-refractivity contribution in [2.45, 2.75) is 45.3 Å². The third kappa shape index (κ3) is 2.08. The summed E-state index contributed by atoms with van der Waals surface area (Å²) in [6.07, 6.45) is 3.81. The number of carbonyl (C=O) groups is 1. The zero-order valence-electron chi connectivity index (χ0n) is 12.3. The summed E-state index contributed by atoms with van der Waals surface area (Å²) in [6.45, 7) is 2.93. The van der Waals surface area contributed by atoms with Crippen LogP contribution >= 0.6 is 0 Å². The smallest absolute Gasteiger partial charge is 0.164 e. The fourth-order valence-electron chi connectivity index (χ4n) is 3.60. The molecule has 1 aliphatic heterocycles. The lowest BCUT2D eigenvalue weighted by atomic mass is 9.96. The first-order valence-electron chi connectivity index (χ1n) is 7.69. The number of rotatable bonds is 2. The number of hydrogen-bond donors (Lipinski definition) is 0. The van der Waals surface area contributed by atoms with Gasteiger partial charge in [-0.15, -0.1) is 0 Å². The number of aryl methyl sites for hydroxylation is 1. The molecule has 4 rings (SSSR count). The highest BCUT2D eigenvalue weighted by Gasteiger charge is 2.27. The van der Waals surface area contributed by atoms with E-state index in [1.165, 1.54) is 17.0 Å². The largest absolute Gasteiger partial charge is 0.488 e. The van der Waals surface area contributed by atoms with E-state index in [1.807, 2.05) is 12.1 Å². The van der Waals surface area contributed by atoms with E-state index in [9.17, 15) is 4.79 Å². The van der Waals surface area contributed by atoms with Crippen molar-refractivity contribution in [2.24, 2.45) is 0 Å². The summed E-state index contributed by atoms with van der Waals surface area (Å²) in [5.41, 5.74) is 4.62. The molecule has 0 amide bonds. The van der Waals surface area contributed by atoms with Crippen molar-refractivity contribution in [3.63, 3.8) is 0 Å². The third-order valence-corrected chi connectivity index (χ3v) is 4.63. The number of Topliss-reactive ketones (excluding diaryl/α,β-unsaturated/α-hetero) is 1. The van der Waals surface area contributed by atoms with E-state index in [0.29, 0.717) is 12.2 Å². The van der Waals surface area contributed by atoms with Gasteiger partial charge in [-0.2, -0.15) is 0 Å². The fourth-order valence-corrected chi connectivity index (χ4v) is 3.60. The highest BCUT2D eigenvalue weighted by atomic mass is 16.5. The lowest BCUT2D eigenvalue weighted by Gasteiger charge is -2.19. The van der Waals surface area contributed by atoms with Gasteiger partial charge >= 0.3 is 0 Å². The van der Waals surface area contributed by atoms with Crippen LogP contribution in [0.4, 0.5) is 0 Å². The Morgan fingerprint density at radius 2 is 2.14 bits per heavy atom.